The van der Waals surface area contributed by atoms with Crippen molar-refractivity contribution in [2.75, 3.05) is 0 Å². The lowest BCUT2D eigenvalue weighted by molar-refractivity contribution is 1.18. The lowest BCUT2D eigenvalue weighted by Gasteiger charge is -2.05. The molecular formula is C9H8N2. The van der Waals surface area contributed by atoms with Gasteiger partial charge in [0.1, 0.15) is 6.07 Å². The Hall–Kier alpha value is -1.71. The molecule has 0 heterocycles. The van der Waals surface area contributed by atoms with Gasteiger partial charge in [0.2, 0.25) is 0 Å². The van der Waals surface area contributed by atoms with Crippen LogP contribution in [0.3, 0.4) is 0 Å². The van der Waals surface area contributed by atoms with Crippen LogP contribution in [0.5, 0.6) is 0 Å². The molecule has 0 bridgehead atoms. The molecule has 2 heteroatoms. The van der Waals surface area contributed by atoms with Crippen LogP contribution in [-0.4, -0.2) is 0 Å². The van der Waals surface area contributed by atoms with Crippen molar-refractivity contribution in [2.45, 2.75) is 6.42 Å². The number of allylic oxidation sites excluding steroid dienone is 4. The summed E-state index contributed by atoms with van der Waals surface area (Å²) >= 11 is 0. The zero-order valence-electron chi connectivity index (χ0n) is 6.09. The Bertz CT molecular complexity index is 320. The first-order valence-corrected chi connectivity index (χ1v) is 3.24. The molecule has 0 atom stereocenters. The summed E-state index contributed by atoms with van der Waals surface area (Å²) in [7, 11) is 0. The fraction of sp³-hybridized carbons (Fsp3) is 0.111. The van der Waals surface area contributed by atoms with Crippen molar-refractivity contribution in [2.24, 2.45) is 5.73 Å². The van der Waals surface area contributed by atoms with Crippen molar-refractivity contribution in [1.29, 1.82) is 5.26 Å². The van der Waals surface area contributed by atoms with E-state index in [4.69, 9.17) is 11.0 Å². The van der Waals surface area contributed by atoms with E-state index >= 15 is 0 Å². The molecule has 0 fully saturated rings. The Balaban J connectivity index is 3.02. The molecule has 0 saturated carbocycles. The van der Waals surface area contributed by atoms with Gasteiger partial charge in [-0.1, -0.05) is 12.7 Å². The van der Waals surface area contributed by atoms with E-state index in [0.29, 0.717) is 17.7 Å². The number of nitriles is 1. The molecule has 0 amide bonds. The minimum atomic E-state index is 0.505. The van der Waals surface area contributed by atoms with Gasteiger partial charge in [-0.3, -0.25) is 0 Å². The lowest BCUT2D eigenvalue weighted by Crippen LogP contribution is -2.03. The molecular weight excluding hydrogens is 136 g/mol. The zero-order valence-corrected chi connectivity index (χ0v) is 6.09. The standard InChI is InChI=1S/C9H8N2/c1-2-7-3-4-8(6-10)9(11)5-7/h4-5H,1,3,11H2. The van der Waals surface area contributed by atoms with Gasteiger partial charge >= 0.3 is 0 Å². The fourth-order valence-electron chi connectivity index (χ4n) is 0.888. The van der Waals surface area contributed by atoms with Gasteiger partial charge in [0.25, 0.3) is 0 Å². The molecule has 1 aliphatic carbocycles. The van der Waals surface area contributed by atoms with Gasteiger partial charge in [-0.2, -0.15) is 5.26 Å². The maximum absolute atomic E-state index is 8.54. The second-order valence-electron chi connectivity index (χ2n) is 2.24. The van der Waals surface area contributed by atoms with Gasteiger partial charge in [-0.05, 0) is 18.1 Å². The highest BCUT2D eigenvalue weighted by Gasteiger charge is 2.05. The van der Waals surface area contributed by atoms with E-state index in [2.05, 4.69) is 12.3 Å². The Morgan fingerprint density at radius 1 is 1.64 bits per heavy atom. The molecule has 0 aliphatic heterocycles. The van der Waals surface area contributed by atoms with E-state index < -0.39 is 0 Å². The van der Waals surface area contributed by atoms with E-state index in [1.807, 2.05) is 6.07 Å². The van der Waals surface area contributed by atoms with Gasteiger partial charge in [0, 0.05) is 0 Å². The average molecular weight is 144 g/mol. The molecule has 0 aromatic carbocycles. The van der Waals surface area contributed by atoms with Crippen LogP contribution in [-0.2, 0) is 0 Å². The van der Waals surface area contributed by atoms with E-state index in [1.165, 1.54) is 0 Å². The molecule has 0 radical (unpaired) electrons. The first-order chi connectivity index (χ1) is 5.27. The van der Waals surface area contributed by atoms with Crippen LogP contribution < -0.4 is 5.73 Å². The largest absolute Gasteiger partial charge is 0.398 e. The van der Waals surface area contributed by atoms with Crippen LogP contribution in [0.2, 0.25) is 0 Å². The van der Waals surface area contributed by atoms with E-state index in [-0.39, 0.29) is 0 Å². The highest BCUT2D eigenvalue weighted by Crippen LogP contribution is 2.17. The normalized spacial score (nSPS) is 16.1. The van der Waals surface area contributed by atoms with E-state index in [9.17, 15) is 0 Å². The molecule has 1 rings (SSSR count). The molecule has 54 valence electrons. The van der Waals surface area contributed by atoms with Crippen molar-refractivity contribution < 1.29 is 0 Å². The minimum absolute atomic E-state index is 0.505. The first-order valence-electron chi connectivity index (χ1n) is 3.24. The van der Waals surface area contributed by atoms with Crippen molar-refractivity contribution >= 4 is 0 Å². The Morgan fingerprint density at radius 2 is 2.36 bits per heavy atom. The lowest BCUT2D eigenvalue weighted by atomic mass is 10.0. The number of nitrogens with zero attached hydrogens (tertiary/aromatic N) is 1. The molecule has 2 N–H and O–H groups in total. The number of hydrogen-bond donors (Lipinski definition) is 1. The minimum Gasteiger partial charge on any atom is -0.398 e. The number of hydrogen-bond acceptors (Lipinski definition) is 2. The van der Waals surface area contributed by atoms with Crippen LogP contribution in [0.15, 0.2) is 41.3 Å². The predicted octanol–water partition coefficient (Wildman–Crippen LogP) is 1.39. The second kappa shape index (κ2) is 2.92. The Kier molecular flexibility index (Phi) is 1.96. The van der Waals surface area contributed by atoms with Crippen LogP contribution in [0.1, 0.15) is 6.42 Å². The quantitative estimate of drug-likeness (QED) is 0.522. The van der Waals surface area contributed by atoms with E-state index in [0.717, 1.165) is 5.57 Å². The van der Waals surface area contributed by atoms with Crippen LogP contribution in [0, 0.1) is 11.3 Å². The van der Waals surface area contributed by atoms with Gasteiger partial charge in [-0.15, -0.1) is 5.73 Å². The highest BCUT2D eigenvalue weighted by molar-refractivity contribution is 5.47. The van der Waals surface area contributed by atoms with Crippen molar-refractivity contribution in [3.63, 3.8) is 0 Å². The van der Waals surface area contributed by atoms with Gasteiger partial charge in [-0.25, -0.2) is 0 Å². The summed E-state index contributed by atoms with van der Waals surface area (Å²) in [5.74, 6) is 0. The summed E-state index contributed by atoms with van der Waals surface area (Å²) in [6.07, 6.45) is 4.21. The van der Waals surface area contributed by atoms with Gasteiger partial charge in [0.05, 0.1) is 11.3 Å². The molecule has 0 saturated heterocycles. The summed E-state index contributed by atoms with van der Waals surface area (Å²) in [6.45, 7) is 3.50. The molecule has 0 spiro atoms. The monoisotopic (exact) mass is 144 g/mol. The van der Waals surface area contributed by atoms with Crippen LogP contribution in [0.4, 0.5) is 0 Å². The Morgan fingerprint density at radius 3 is 2.82 bits per heavy atom. The van der Waals surface area contributed by atoms with Crippen molar-refractivity contribution in [3.05, 3.63) is 41.3 Å². The summed E-state index contributed by atoms with van der Waals surface area (Å²) in [5.41, 5.74) is 10.3. The maximum Gasteiger partial charge on any atom is 0.101 e. The number of nitrogens with two attached hydrogens (primary N) is 1. The molecule has 0 aromatic rings. The fourth-order valence-corrected chi connectivity index (χ4v) is 0.888. The Labute approximate surface area is 65.6 Å². The molecule has 0 aromatic heterocycles. The van der Waals surface area contributed by atoms with E-state index in [1.54, 1.807) is 12.2 Å². The summed E-state index contributed by atoms with van der Waals surface area (Å²) < 4.78 is 0. The maximum atomic E-state index is 8.54. The smallest absolute Gasteiger partial charge is 0.101 e. The van der Waals surface area contributed by atoms with Gasteiger partial charge in [0.15, 0.2) is 0 Å². The SMILES string of the molecule is C=C=C1C=C(N)C(C#N)=CC1. The number of rotatable bonds is 0. The highest BCUT2D eigenvalue weighted by atomic mass is 14.6. The molecule has 1 aliphatic rings. The zero-order chi connectivity index (χ0) is 8.27. The van der Waals surface area contributed by atoms with Gasteiger partial charge < -0.3 is 5.73 Å². The summed E-state index contributed by atoms with van der Waals surface area (Å²) in [6, 6.07) is 2.00. The third kappa shape index (κ3) is 1.40. The summed E-state index contributed by atoms with van der Waals surface area (Å²) in [4.78, 5) is 0. The average Bonchev–Trinajstić information content (AvgIpc) is 2.04. The molecule has 2 nitrogen and oxygen atoms in total. The first kappa shape index (κ1) is 7.40. The molecule has 11 heavy (non-hydrogen) atoms. The van der Waals surface area contributed by atoms with Crippen molar-refractivity contribution in [3.8, 4) is 6.07 Å². The molecule has 0 unspecified atom stereocenters. The third-order valence-electron chi connectivity index (χ3n) is 1.51. The van der Waals surface area contributed by atoms with Crippen LogP contribution in [0.25, 0.3) is 0 Å². The summed E-state index contributed by atoms with van der Waals surface area (Å²) in [5, 5.41) is 8.54. The third-order valence-corrected chi connectivity index (χ3v) is 1.51. The topological polar surface area (TPSA) is 49.8 Å². The second-order valence-corrected chi connectivity index (χ2v) is 2.24. The van der Waals surface area contributed by atoms with Crippen molar-refractivity contribution in [1.82, 2.24) is 0 Å². The predicted molar refractivity (Wildman–Crippen MR) is 43.2 cm³/mol. The van der Waals surface area contributed by atoms with Crippen LogP contribution >= 0.6 is 0 Å².